The van der Waals surface area contributed by atoms with Crippen LogP contribution in [0, 0.1) is 11.8 Å². The minimum atomic E-state index is -0.215. The molecule has 0 aliphatic heterocycles. The highest BCUT2D eigenvalue weighted by Crippen LogP contribution is 2.46. The summed E-state index contributed by atoms with van der Waals surface area (Å²) in [7, 11) is 0. The van der Waals surface area contributed by atoms with Gasteiger partial charge in [-0.25, -0.2) is 0 Å². The molecule has 0 aromatic heterocycles. The van der Waals surface area contributed by atoms with Crippen LogP contribution in [0.5, 0.6) is 0 Å². The molecule has 2 heteroatoms. The highest BCUT2D eigenvalue weighted by atomic mass is 16.3. The summed E-state index contributed by atoms with van der Waals surface area (Å²) in [4.78, 5) is 0. The highest BCUT2D eigenvalue weighted by Gasteiger charge is 2.38. The van der Waals surface area contributed by atoms with E-state index in [2.05, 4.69) is 48.5 Å². The zero-order chi connectivity index (χ0) is 17.9. The quantitative estimate of drug-likeness (QED) is 0.828. The molecule has 2 N–H and O–H groups in total. The van der Waals surface area contributed by atoms with Gasteiger partial charge in [-0.2, -0.15) is 0 Å². The van der Waals surface area contributed by atoms with Gasteiger partial charge in [-0.15, -0.1) is 0 Å². The number of hydrogen-bond donors (Lipinski definition) is 2. The molecule has 26 heavy (non-hydrogen) atoms. The third kappa shape index (κ3) is 3.72. The largest absolute Gasteiger partial charge is 0.392 e. The molecule has 0 saturated heterocycles. The number of aliphatic hydroxyl groups is 2. The molecule has 0 bridgehead atoms. The molecule has 0 amide bonds. The second-order valence-corrected chi connectivity index (χ2v) is 8.32. The third-order valence-electron chi connectivity index (χ3n) is 6.83. The molecule has 2 saturated carbocycles. The van der Waals surface area contributed by atoms with Crippen LogP contribution in [0.15, 0.2) is 60.7 Å². The first-order chi connectivity index (χ1) is 12.7. The van der Waals surface area contributed by atoms with Crippen molar-refractivity contribution >= 4 is 0 Å². The minimum absolute atomic E-state index is 0.215. The summed E-state index contributed by atoms with van der Waals surface area (Å²) in [6.07, 6.45) is 5.76. The van der Waals surface area contributed by atoms with E-state index in [4.69, 9.17) is 0 Å². The van der Waals surface area contributed by atoms with Crippen molar-refractivity contribution in [3.8, 4) is 0 Å². The second-order valence-electron chi connectivity index (χ2n) is 8.32. The molecule has 0 radical (unpaired) electrons. The Labute approximate surface area is 156 Å². The summed E-state index contributed by atoms with van der Waals surface area (Å²) in [5.41, 5.74) is 2.56. The lowest BCUT2D eigenvalue weighted by Crippen LogP contribution is -2.35. The first-order valence-electron chi connectivity index (χ1n) is 10.2. The number of rotatable bonds is 3. The van der Waals surface area contributed by atoms with Gasteiger partial charge in [-0.3, -0.25) is 0 Å². The van der Waals surface area contributed by atoms with Gasteiger partial charge in [0.25, 0.3) is 0 Å². The van der Waals surface area contributed by atoms with E-state index in [1.54, 1.807) is 0 Å². The maximum Gasteiger partial charge on any atom is 0.0608 e. The lowest BCUT2D eigenvalue weighted by molar-refractivity contribution is 0.0307. The fourth-order valence-electron chi connectivity index (χ4n) is 5.35. The summed E-state index contributed by atoms with van der Waals surface area (Å²) in [6.45, 7) is 0. The van der Waals surface area contributed by atoms with Gasteiger partial charge in [0.15, 0.2) is 0 Å². The van der Waals surface area contributed by atoms with Crippen molar-refractivity contribution in [1.82, 2.24) is 0 Å². The van der Waals surface area contributed by atoms with Crippen molar-refractivity contribution in [3.05, 3.63) is 71.8 Å². The zero-order valence-electron chi connectivity index (χ0n) is 15.4. The van der Waals surface area contributed by atoms with E-state index in [0.29, 0.717) is 11.8 Å². The lowest BCUT2D eigenvalue weighted by atomic mass is 9.65. The van der Waals surface area contributed by atoms with Crippen molar-refractivity contribution in [2.75, 3.05) is 0 Å². The first-order valence-corrected chi connectivity index (χ1v) is 10.2. The van der Waals surface area contributed by atoms with Crippen molar-refractivity contribution in [3.63, 3.8) is 0 Å². The summed E-state index contributed by atoms with van der Waals surface area (Å²) in [6, 6.07) is 21.0. The average Bonchev–Trinajstić information content (AvgIpc) is 2.70. The predicted octanol–water partition coefficient (Wildman–Crippen LogP) is 4.88. The molecule has 0 spiro atoms. The maximum absolute atomic E-state index is 10.6. The van der Waals surface area contributed by atoms with Crippen molar-refractivity contribution < 1.29 is 10.2 Å². The molecule has 2 fully saturated rings. The van der Waals surface area contributed by atoms with Crippen LogP contribution in [0.4, 0.5) is 0 Å². The molecule has 2 aliphatic carbocycles. The van der Waals surface area contributed by atoms with Gasteiger partial charge in [0.1, 0.15) is 0 Å². The third-order valence-corrected chi connectivity index (χ3v) is 6.83. The van der Waals surface area contributed by atoms with Crippen LogP contribution < -0.4 is 0 Å². The van der Waals surface area contributed by atoms with Gasteiger partial charge in [-0.05, 0) is 61.5 Å². The first kappa shape index (κ1) is 17.8. The Morgan fingerprint density at radius 3 is 1.31 bits per heavy atom. The van der Waals surface area contributed by atoms with Crippen LogP contribution in [0.25, 0.3) is 0 Å². The van der Waals surface area contributed by atoms with Crippen LogP contribution in [-0.2, 0) is 0 Å². The highest BCUT2D eigenvalue weighted by molar-refractivity contribution is 5.23. The Bertz CT molecular complexity index is 622. The fraction of sp³-hybridized carbons (Fsp3) is 0.500. The van der Waals surface area contributed by atoms with E-state index < -0.39 is 0 Å². The van der Waals surface area contributed by atoms with Crippen LogP contribution in [0.1, 0.15) is 61.5 Å². The minimum Gasteiger partial charge on any atom is -0.392 e. The number of aliphatic hydroxyl groups excluding tert-OH is 2. The van der Waals surface area contributed by atoms with Crippen molar-refractivity contribution in [1.29, 1.82) is 0 Å². The topological polar surface area (TPSA) is 40.5 Å². The number of hydrogen-bond acceptors (Lipinski definition) is 2. The SMILES string of the molecule is OC1CCC(C2CCC(O)C(c3ccccc3)C2)CC1c1ccccc1. The normalized spacial score (nSPS) is 35.2. The van der Waals surface area contributed by atoms with Crippen LogP contribution in [0.2, 0.25) is 0 Å². The fourth-order valence-corrected chi connectivity index (χ4v) is 5.35. The molecule has 6 atom stereocenters. The average molecular weight is 351 g/mol. The Balaban J connectivity index is 1.48. The van der Waals surface area contributed by atoms with Gasteiger partial charge in [0.2, 0.25) is 0 Å². The van der Waals surface area contributed by atoms with E-state index in [9.17, 15) is 10.2 Å². The van der Waals surface area contributed by atoms with Gasteiger partial charge in [-0.1, -0.05) is 60.7 Å². The second kappa shape index (κ2) is 7.94. The smallest absolute Gasteiger partial charge is 0.0608 e. The molecular formula is C24H30O2. The molecular weight excluding hydrogens is 320 g/mol. The Kier molecular flexibility index (Phi) is 5.42. The van der Waals surface area contributed by atoms with Crippen molar-refractivity contribution in [2.24, 2.45) is 11.8 Å². The molecule has 138 valence electrons. The van der Waals surface area contributed by atoms with E-state index in [1.807, 2.05) is 12.1 Å². The Morgan fingerprint density at radius 2 is 0.923 bits per heavy atom. The summed E-state index contributed by atoms with van der Waals surface area (Å²) >= 11 is 0. The molecule has 2 nitrogen and oxygen atoms in total. The molecule has 0 heterocycles. The van der Waals surface area contributed by atoms with Gasteiger partial charge >= 0.3 is 0 Å². The van der Waals surface area contributed by atoms with E-state index in [1.165, 1.54) is 11.1 Å². The molecule has 2 aromatic carbocycles. The van der Waals surface area contributed by atoms with Crippen LogP contribution in [0.3, 0.4) is 0 Å². The van der Waals surface area contributed by atoms with Crippen LogP contribution >= 0.6 is 0 Å². The van der Waals surface area contributed by atoms with Gasteiger partial charge < -0.3 is 10.2 Å². The Hall–Kier alpha value is -1.64. The summed E-state index contributed by atoms with van der Waals surface area (Å²) < 4.78 is 0. The number of benzene rings is 2. The predicted molar refractivity (Wildman–Crippen MR) is 105 cm³/mol. The lowest BCUT2D eigenvalue weighted by Gasteiger charge is -2.42. The van der Waals surface area contributed by atoms with E-state index in [0.717, 1.165) is 38.5 Å². The molecule has 4 rings (SSSR count). The van der Waals surface area contributed by atoms with Gasteiger partial charge in [0.05, 0.1) is 12.2 Å². The monoisotopic (exact) mass is 350 g/mol. The Morgan fingerprint density at radius 1 is 0.538 bits per heavy atom. The summed E-state index contributed by atoms with van der Waals surface area (Å²) in [5, 5.41) is 21.1. The maximum atomic E-state index is 10.6. The van der Waals surface area contributed by atoms with Crippen molar-refractivity contribution in [2.45, 2.75) is 62.6 Å². The standard InChI is InChI=1S/C24H30O2/c25-23-13-11-19(15-21(23)17-7-3-1-4-8-17)20-12-14-24(26)22(16-20)18-9-5-2-6-10-18/h1-10,19-26H,11-16H2. The zero-order valence-corrected chi connectivity index (χ0v) is 15.4. The molecule has 6 unspecified atom stereocenters. The summed E-state index contributed by atoms with van der Waals surface area (Å²) in [5.74, 6) is 1.83. The van der Waals surface area contributed by atoms with E-state index >= 15 is 0 Å². The van der Waals surface area contributed by atoms with E-state index in [-0.39, 0.29) is 24.0 Å². The molecule has 2 aromatic rings. The van der Waals surface area contributed by atoms with Crippen LogP contribution in [-0.4, -0.2) is 22.4 Å². The molecule has 2 aliphatic rings. The van der Waals surface area contributed by atoms with Gasteiger partial charge in [0, 0.05) is 11.8 Å².